The minimum atomic E-state index is -0.482. The second-order valence-electron chi connectivity index (χ2n) is 15.6. The summed E-state index contributed by atoms with van der Waals surface area (Å²) < 4.78 is 47.3. The first kappa shape index (κ1) is 29.7. The number of hydrogen-bond donors (Lipinski definition) is 0. The monoisotopic (exact) mass is 794 g/mol. The van der Waals surface area contributed by atoms with Crippen LogP contribution in [0.25, 0.3) is 121 Å². The molecule has 0 atom stereocenters. The number of aromatic nitrogens is 5. The Labute approximate surface area is 363 Å². The fourth-order valence-electron chi connectivity index (χ4n) is 9.58. The molecule has 0 spiro atoms. The molecule has 0 unspecified atom stereocenters. The Balaban J connectivity index is 1.04. The maximum atomic E-state index is 8.86. The molecule has 10 aromatic carbocycles. The van der Waals surface area contributed by atoms with Gasteiger partial charge in [0.25, 0.3) is 0 Å². The van der Waals surface area contributed by atoms with Crippen LogP contribution in [0, 0.1) is 0 Å². The predicted molar refractivity (Wildman–Crippen MR) is 257 cm³/mol. The lowest BCUT2D eigenvalue weighted by Crippen LogP contribution is -2.06. The summed E-state index contributed by atoms with van der Waals surface area (Å²) in [7, 11) is 0. The van der Waals surface area contributed by atoms with Crippen LogP contribution in [0.2, 0.25) is 0 Å². The van der Waals surface area contributed by atoms with Gasteiger partial charge in [-0.3, -0.25) is 4.57 Å². The number of fused-ring (bicyclic) bond motifs is 13. The molecule has 3 heterocycles. The molecule has 62 heavy (non-hydrogen) atoms. The lowest BCUT2D eigenvalue weighted by Gasteiger charge is -2.13. The first-order valence-corrected chi connectivity index (χ1v) is 20.6. The number of benzene rings is 10. The highest BCUT2D eigenvalue weighted by molar-refractivity contribution is 6.29. The highest BCUT2D eigenvalue weighted by Crippen LogP contribution is 2.43. The molecule has 0 bridgehead atoms. The van der Waals surface area contributed by atoms with Crippen molar-refractivity contribution in [2.24, 2.45) is 0 Å². The van der Waals surface area contributed by atoms with Crippen molar-refractivity contribution in [3.63, 3.8) is 0 Å². The summed E-state index contributed by atoms with van der Waals surface area (Å²) in [6.45, 7) is 0. The molecule has 288 valence electrons. The van der Waals surface area contributed by atoms with E-state index < -0.39 is 18.1 Å². The standard InChI is InChI=1S/C57H35N5/c1-3-16-36(17-4-1)55-58-56(37-18-5-2-6-19-37)60-57(59-55)62-50-29-14-12-27-47(50)54-52(62)33-32-51-53(54)46-26-11-13-28-49(46)61(51)40-21-15-20-38(34-40)39-30-31-45-43-24-8-7-22-41(43)42-23-9-10-25-44(42)48(45)35-39/h1-35H/i1D,3D,4D,16D,17D. The smallest absolute Gasteiger partial charge is 0.238 e. The molecule has 13 rings (SSSR count). The Morgan fingerprint density at radius 1 is 0.323 bits per heavy atom. The van der Waals surface area contributed by atoms with Gasteiger partial charge in [0, 0.05) is 38.4 Å². The van der Waals surface area contributed by atoms with E-state index in [0.717, 1.165) is 60.4 Å². The average molecular weight is 795 g/mol. The van der Waals surface area contributed by atoms with Gasteiger partial charge in [-0.2, -0.15) is 9.97 Å². The molecule has 0 amide bonds. The van der Waals surface area contributed by atoms with E-state index in [0.29, 0.717) is 11.4 Å². The lowest BCUT2D eigenvalue weighted by atomic mass is 9.92. The van der Waals surface area contributed by atoms with Crippen LogP contribution in [0.1, 0.15) is 6.85 Å². The minimum absolute atomic E-state index is 0.0164. The summed E-state index contributed by atoms with van der Waals surface area (Å²) in [5, 5.41) is 11.6. The number of rotatable bonds is 5. The van der Waals surface area contributed by atoms with Crippen molar-refractivity contribution in [1.82, 2.24) is 24.1 Å². The summed E-state index contributed by atoms with van der Waals surface area (Å²) in [4.78, 5) is 14.8. The molecule has 0 aliphatic carbocycles. The van der Waals surface area contributed by atoms with E-state index in [1.54, 1.807) is 0 Å². The molecule has 0 saturated heterocycles. The van der Waals surface area contributed by atoms with Gasteiger partial charge in [-0.15, -0.1) is 0 Å². The Morgan fingerprint density at radius 2 is 0.823 bits per heavy atom. The highest BCUT2D eigenvalue weighted by atomic mass is 15.2. The first-order valence-electron chi connectivity index (χ1n) is 23.1. The van der Waals surface area contributed by atoms with Crippen molar-refractivity contribution in [2.75, 3.05) is 0 Å². The molecular formula is C57H35N5. The fourth-order valence-corrected chi connectivity index (χ4v) is 9.58. The second kappa shape index (κ2) is 13.6. The van der Waals surface area contributed by atoms with Crippen molar-refractivity contribution in [3.8, 4) is 45.5 Å². The summed E-state index contributed by atoms with van der Waals surface area (Å²) in [6, 6.07) is 61.1. The Kier molecular flexibility index (Phi) is 6.51. The zero-order valence-electron chi connectivity index (χ0n) is 38.1. The third-order valence-electron chi connectivity index (χ3n) is 12.2. The predicted octanol–water partition coefficient (Wildman–Crippen LogP) is 14.5. The van der Waals surface area contributed by atoms with Gasteiger partial charge in [-0.05, 0) is 85.9 Å². The first-order chi connectivity index (χ1) is 32.8. The molecule has 13 aromatic rings. The third kappa shape index (κ3) is 5.18. The molecule has 0 fully saturated rings. The van der Waals surface area contributed by atoms with Crippen LogP contribution in [0.3, 0.4) is 0 Å². The molecule has 3 aromatic heterocycles. The SMILES string of the molecule is [2H]c1c([2H])c([2H])c(-c2nc(-c3ccccc3)nc(-n3c4ccccc4c4c5c6ccccc6n(-c6cccc(-c7ccc8c9ccccc9c9ccccc9c8c7)c6)c5ccc43)n2)c([2H])c1[2H]. The molecule has 0 aliphatic rings. The summed E-state index contributed by atoms with van der Waals surface area (Å²) >= 11 is 0. The van der Waals surface area contributed by atoms with Crippen LogP contribution in [-0.2, 0) is 0 Å². The van der Waals surface area contributed by atoms with Gasteiger partial charge in [0.1, 0.15) is 0 Å². The van der Waals surface area contributed by atoms with E-state index in [4.69, 9.17) is 21.8 Å². The van der Waals surface area contributed by atoms with Crippen molar-refractivity contribution in [2.45, 2.75) is 0 Å². The van der Waals surface area contributed by atoms with Gasteiger partial charge >= 0.3 is 0 Å². The van der Waals surface area contributed by atoms with E-state index >= 15 is 0 Å². The number of para-hydroxylation sites is 2. The van der Waals surface area contributed by atoms with E-state index in [-0.39, 0.29) is 29.4 Å². The van der Waals surface area contributed by atoms with E-state index in [2.05, 4.69) is 138 Å². The number of hydrogen-bond acceptors (Lipinski definition) is 3. The summed E-state index contributed by atoms with van der Waals surface area (Å²) in [5.41, 5.74) is 7.66. The summed E-state index contributed by atoms with van der Waals surface area (Å²) in [6.07, 6.45) is 0. The maximum absolute atomic E-state index is 8.86. The summed E-state index contributed by atoms with van der Waals surface area (Å²) in [5.74, 6) is 0.551. The molecule has 0 N–H and O–H groups in total. The Bertz CT molecular complexity index is 4170. The Hall–Kier alpha value is -8.41. The van der Waals surface area contributed by atoms with Crippen LogP contribution in [0.5, 0.6) is 0 Å². The van der Waals surface area contributed by atoms with Gasteiger partial charge in [0.15, 0.2) is 11.6 Å². The molecule has 0 aliphatic heterocycles. The van der Waals surface area contributed by atoms with Crippen LogP contribution < -0.4 is 0 Å². The van der Waals surface area contributed by atoms with Gasteiger partial charge in [0.05, 0.1) is 28.9 Å². The topological polar surface area (TPSA) is 48.5 Å². The Morgan fingerprint density at radius 3 is 1.48 bits per heavy atom. The number of nitrogens with zero attached hydrogens (tertiary/aromatic N) is 5. The molecule has 0 saturated carbocycles. The quantitative estimate of drug-likeness (QED) is 0.163. The van der Waals surface area contributed by atoms with Crippen LogP contribution in [0.15, 0.2) is 212 Å². The van der Waals surface area contributed by atoms with Crippen LogP contribution >= 0.6 is 0 Å². The van der Waals surface area contributed by atoms with Crippen molar-refractivity contribution >= 4 is 75.9 Å². The fraction of sp³-hybridized carbons (Fsp3) is 0. The van der Waals surface area contributed by atoms with Crippen molar-refractivity contribution in [1.29, 1.82) is 0 Å². The molecule has 5 nitrogen and oxygen atoms in total. The maximum Gasteiger partial charge on any atom is 0.238 e. The second-order valence-corrected chi connectivity index (χ2v) is 15.6. The largest absolute Gasteiger partial charge is 0.309 e. The van der Waals surface area contributed by atoms with E-state index in [1.807, 2.05) is 53.1 Å². The van der Waals surface area contributed by atoms with Gasteiger partial charge < -0.3 is 4.57 Å². The zero-order valence-corrected chi connectivity index (χ0v) is 33.1. The molecule has 5 heteroatoms. The average Bonchev–Trinajstić information content (AvgIpc) is 3.91. The molecule has 0 radical (unpaired) electrons. The van der Waals surface area contributed by atoms with Gasteiger partial charge in [0.2, 0.25) is 5.95 Å². The van der Waals surface area contributed by atoms with Gasteiger partial charge in [-0.25, -0.2) is 4.98 Å². The van der Waals surface area contributed by atoms with Crippen molar-refractivity contribution in [3.05, 3.63) is 212 Å². The van der Waals surface area contributed by atoms with E-state index in [9.17, 15) is 0 Å². The third-order valence-corrected chi connectivity index (χ3v) is 12.2. The van der Waals surface area contributed by atoms with Crippen LogP contribution in [-0.4, -0.2) is 24.1 Å². The van der Waals surface area contributed by atoms with Crippen molar-refractivity contribution < 1.29 is 6.85 Å². The van der Waals surface area contributed by atoms with E-state index in [1.165, 1.54) is 32.3 Å². The van der Waals surface area contributed by atoms with Gasteiger partial charge in [-0.1, -0.05) is 170 Å². The lowest BCUT2D eigenvalue weighted by molar-refractivity contribution is 0.953. The highest BCUT2D eigenvalue weighted by Gasteiger charge is 2.23. The van der Waals surface area contributed by atoms with Crippen LogP contribution in [0.4, 0.5) is 0 Å². The molecular weight excluding hydrogens is 755 g/mol. The zero-order chi connectivity index (χ0) is 45.1. The normalized spacial score (nSPS) is 13.0. The minimum Gasteiger partial charge on any atom is -0.309 e.